The third-order valence-corrected chi connectivity index (χ3v) is 5.96. The molecule has 2 aromatic carbocycles. The number of Topliss-reactive ketones (excluding diaryl/α,β-unsaturated/α-hetero) is 1. The zero-order chi connectivity index (χ0) is 23.5. The molecule has 2 heterocycles. The van der Waals surface area contributed by atoms with Crippen molar-refractivity contribution in [1.82, 2.24) is 14.7 Å². The minimum absolute atomic E-state index is 0.0829. The number of piperidine rings is 1. The van der Waals surface area contributed by atoms with Gasteiger partial charge in [-0.1, -0.05) is 0 Å². The second-order valence-electron chi connectivity index (χ2n) is 8.29. The predicted octanol–water partition coefficient (Wildman–Crippen LogP) is 4.76. The van der Waals surface area contributed by atoms with Crippen molar-refractivity contribution in [3.63, 3.8) is 0 Å². The molecule has 0 unspecified atom stereocenters. The minimum Gasteiger partial charge on any atom is -0.497 e. The van der Waals surface area contributed by atoms with Crippen molar-refractivity contribution in [3.8, 4) is 11.4 Å². The van der Waals surface area contributed by atoms with Crippen molar-refractivity contribution in [2.45, 2.75) is 26.7 Å². The molecule has 33 heavy (non-hydrogen) atoms. The average molecular weight is 451 g/mol. The number of nitrogens with zero attached hydrogens (tertiary/aromatic N) is 3. The van der Waals surface area contributed by atoms with E-state index in [0.717, 1.165) is 11.4 Å². The van der Waals surface area contributed by atoms with Crippen LogP contribution in [0, 0.1) is 25.6 Å². The number of hydrogen-bond donors (Lipinski definition) is 1. The molecule has 8 heteroatoms. The number of ketones is 1. The van der Waals surface area contributed by atoms with Gasteiger partial charge in [0.15, 0.2) is 11.6 Å². The van der Waals surface area contributed by atoms with Crippen LogP contribution in [0.5, 0.6) is 5.75 Å². The van der Waals surface area contributed by atoms with E-state index in [4.69, 9.17) is 4.74 Å². The lowest BCUT2D eigenvalue weighted by Crippen LogP contribution is -2.42. The summed E-state index contributed by atoms with van der Waals surface area (Å²) >= 11 is 0. The number of halogens is 1. The molecule has 0 bridgehead atoms. The van der Waals surface area contributed by atoms with Gasteiger partial charge in [-0.3, -0.25) is 4.79 Å². The second-order valence-corrected chi connectivity index (χ2v) is 8.29. The smallest absolute Gasteiger partial charge is 0.321 e. The van der Waals surface area contributed by atoms with E-state index >= 15 is 0 Å². The molecule has 7 nitrogen and oxygen atoms in total. The van der Waals surface area contributed by atoms with Gasteiger partial charge in [-0.15, -0.1) is 0 Å². The molecular weight excluding hydrogens is 423 g/mol. The Morgan fingerprint density at radius 2 is 1.76 bits per heavy atom. The highest BCUT2D eigenvalue weighted by Crippen LogP contribution is 2.25. The lowest BCUT2D eigenvalue weighted by Gasteiger charge is -2.31. The molecule has 1 fully saturated rings. The number of urea groups is 1. The Balaban J connectivity index is 1.35. The molecule has 4 rings (SSSR count). The largest absolute Gasteiger partial charge is 0.497 e. The number of carbonyl (C=O) groups is 2. The second kappa shape index (κ2) is 9.44. The minimum atomic E-state index is -0.470. The van der Waals surface area contributed by atoms with Gasteiger partial charge in [0, 0.05) is 36.0 Å². The number of nitrogens with one attached hydrogen (secondary N) is 1. The molecule has 1 aliphatic rings. The summed E-state index contributed by atoms with van der Waals surface area (Å²) in [6.07, 6.45) is 1.17. The summed E-state index contributed by atoms with van der Waals surface area (Å²) in [6, 6.07) is 13.2. The fourth-order valence-corrected chi connectivity index (χ4v) is 4.17. The van der Waals surface area contributed by atoms with Crippen LogP contribution in [0.2, 0.25) is 0 Å². The van der Waals surface area contributed by atoms with Crippen molar-refractivity contribution in [2.75, 3.05) is 25.5 Å². The summed E-state index contributed by atoms with van der Waals surface area (Å²) in [5.41, 5.74) is 2.99. The van der Waals surface area contributed by atoms with E-state index in [0.29, 0.717) is 48.6 Å². The summed E-state index contributed by atoms with van der Waals surface area (Å²) < 4.78 is 21.4. The van der Waals surface area contributed by atoms with Crippen LogP contribution in [-0.2, 0) is 0 Å². The Bertz CT molecular complexity index is 1160. The van der Waals surface area contributed by atoms with Crippen molar-refractivity contribution < 1.29 is 18.7 Å². The third kappa shape index (κ3) is 4.89. The van der Waals surface area contributed by atoms with Gasteiger partial charge in [0.2, 0.25) is 0 Å². The van der Waals surface area contributed by atoms with Crippen LogP contribution in [0.4, 0.5) is 14.9 Å². The van der Waals surface area contributed by atoms with Crippen LogP contribution in [0.25, 0.3) is 5.69 Å². The molecule has 0 atom stereocenters. The van der Waals surface area contributed by atoms with Gasteiger partial charge in [-0.05, 0) is 75.2 Å². The first kappa shape index (κ1) is 22.5. The van der Waals surface area contributed by atoms with Crippen LogP contribution in [0.15, 0.2) is 48.5 Å². The summed E-state index contributed by atoms with van der Waals surface area (Å²) in [7, 11) is 1.58. The monoisotopic (exact) mass is 450 g/mol. The Kier molecular flexibility index (Phi) is 6.44. The SMILES string of the molecule is COc1ccc(C(=O)C2CCN(C(=O)Nc3ccc(-n4nc(C)cc4C)c(F)c3)CC2)cc1. The first-order chi connectivity index (χ1) is 15.9. The van der Waals surface area contributed by atoms with E-state index in [-0.39, 0.29) is 17.7 Å². The fourth-order valence-electron chi connectivity index (χ4n) is 4.17. The van der Waals surface area contributed by atoms with Crippen LogP contribution in [0.1, 0.15) is 34.6 Å². The molecule has 172 valence electrons. The Hall–Kier alpha value is -3.68. The van der Waals surface area contributed by atoms with Crippen LogP contribution in [-0.4, -0.2) is 46.7 Å². The molecule has 2 amide bonds. The summed E-state index contributed by atoms with van der Waals surface area (Å²) in [5, 5.41) is 7.06. The fraction of sp³-hybridized carbons (Fsp3) is 0.320. The molecule has 0 aliphatic carbocycles. The quantitative estimate of drug-likeness (QED) is 0.569. The number of carbonyl (C=O) groups excluding carboxylic acids is 2. The molecule has 1 saturated heterocycles. The number of methoxy groups -OCH3 is 1. The maximum atomic E-state index is 14.7. The van der Waals surface area contributed by atoms with Crippen molar-refractivity contribution >= 4 is 17.5 Å². The molecule has 1 aromatic heterocycles. The lowest BCUT2D eigenvalue weighted by molar-refractivity contribution is 0.0859. The number of likely N-dealkylation sites (tertiary alicyclic amines) is 1. The van der Waals surface area contributed by atoms with Gasteiger partial charge < -0.3 is 15.0 Å². The normalized spacial score (nSPS) is 14.2. The van der Waals surface area contributed by atoms with E-state index in [1.165, 1.54) is 6.07 Å². The number of ether oxygens (including phenoxy) is 1. The molecule has 0 radical (unpaired) electrons. The van der Waals surface area contributed by atoms with Gasteiger partial charge in [0.05, 0.1) is 12.8 Å². The standard InChI is InChI=1S/C25H27FN4O3/c1-16-14-17(2)30(28-16)23-9-6-20(15-22(23)26)27-25(32)29-12-10-19(11-13-29)24(31)18-4-7-21(33-3)8-5-18/h4-9,14-15,19H,10-13H2,1-3H3,(H,27,32). The summed E-state index contributed by atoms with van der Waals surface area (Å²) in [6.45, 7) is 4.64. The number of aromatic nitrogens is 2. The maximum Gasteiger partial charge on any atom is 0.321 e. The van der Waals surface area contributed by atoms with Gasteiger partial charge >= 0.3 is 6.03 Å². The first-order valence-electron chi connectivity index (χ1n) is 10.9. The lowest BCUT2D eigenvalue weighted by atomic mass is 9.89. The Morgan fingerprint density at radius 3 is 2.33 bits per heavy atom. The Morgan fingerprint density at radius 1 is 1.06 bits per heavy atom. The number of amides is 2. The van der Waals surface area contributed by atoms with Crippen molar-refractivity contribution in [2.24, 2.45) is 5.92 Å². The average Bonchev–Trinajstić information content (AvgIpc) is 3.16. The van der Waals surface area contributed by atoms with Crippen LogP contribution >= 0.6 is 0 Å². The first-order valence-corrected chi connectivity index (χ1v) is 10.9. The van der Waals surface area contributed by atoms with Gasteiger partial charge in [-0.2, -0.15) is 5.10 Å². The zero-order valence-corrected chi connectivity index (χ0v) is 19.0. The van der Waals surface area contributed by atoms with E-state index in [2.05, 4.69) is 10.4 Å². The number of anilines is 1. The van der Waals surface area contributed by atoms with Crippen LogP contribution < -0.4 is 10.1 Å². The maximum absolute atomic E-state index is 14.7. The highest BCUT2D eigenvalue weighted by molar-refractivity contribution is 5.98. The summed E-state index contributed by atoms with van der Waals surface area (Å²) in [5.74, 6) is 0.194. The third-order valence-electron chi connectivity index (χ3n) is 5.96. The number of benzene rings is 2. The number of hydrogen-bond acceptors (Lipinski definition) is 4. The van der Waals surface area contributed by atoms with E-state index in [1.54, 1.807) is 53.1 Å². The topological polar surface area (TPSA) is 76.5 Å². The Labute approximate surface area is 192 Å². The van der Waals surface area contributed by atoms with Crippen molar-refractivity contribution in [3.05, 3.63) is 71.3 Å². The van der Waals surface area contributed by atoms with E-state index in [9.17, 15) is 14.0 Å². The molecular formula is C25H27FN4O3. The van der Waals surface area contributed by atoms with Gasteiger partial charge in [-0.25, -0.2) is 13.9 Å². The molecule has 3 aromatic rings. The molecule has 0 saturated carbocycles. The van der Waals surface area contributed by atoms with E-state index in [1.807, 2.05) is 19.9 Å². The summed E-state index contributed by atoms with van der Waals surface area (Å²) in [4.78, 5) is 27.1. The molecule has 0 spiro atoms. The van der Waals surface area contributed by atoms with E-state index < -0.39 is 5.82 Å². The van der Waals surface area contributed by atoms with Crippen molar-refractivity contribution in [1.29, 1.82) is 0 Å². The number of aryl methyl sites for hydroxylation is 2. The van der Waals surface area contributed by atoms with Gasteiger partial charge in [0.1, 0.15) is 11.4 Å². The van der Waals surface area contributed by atoms with Gasteiger partial charge in [0.25, 0.3) is 0 Å². The van der Waals surface area contributed by atoms with Crippen LogP contribution in [0.3, 0.4) is 0 Å². The molecule has 1 aliphatic heterocycles. The highest BCUT2D eigenvalue weighted by Gasteiger charge is 2.28. The zero-order valence-electron chi connectivity index (χ0n) is 19.0. The molecule has 1 N–H and O–H groups in total. The number of rotatable bonds is 5. The highest BCUT2D eigenvalue weighted by atomic mass is 19.1. The predicted molar refractivity (Wildman–Crippen MR) is 124 cm³/mol.